The van der Waals surface area contributed by atoms with Crippen molar-refractivity contribution in [2.45, 2.75) is 19.0 Å². The van der Waals surface area contributed by atoms with Gasteiger partial charge in [0.25, 0.3) is 0 Å². The quantitative estimate of drug-likeness (QED) is 0.619. The van der Waals surface area contributed by atoms with E-state index in [1.807, 2.05) is 0 Å². The summed E-state index contributed by atoms with van der Waals surface area (Å²) in [4.78, 5) is 0. The summed E-state index contributed by atoms with van der Waals surface area (Å²) < 4.78 is 43.3. The molecule has 0 heterocycles. The lowest BCUT2D eigenvalue weighted by molar-refractivity contribution is -0.136. The Morgan fingerprint density at radius 2 is 2.05 bits per heavy atom. The molecule has 1 aliphatic carbocycles. The zero-order chi connectivity index (χ0) is 13.9. The molecule has 0 amide bonds. The molecule has 0 spiro atoms. The first-order valence-electron chi connectivity index (χ1n) is 6.25. The fourth-order valence-electron chi connectivity index (χ4n) is 1.71. The Labute approximate surface area is 109 Å². The number of alkyl halides is 3. The zero-order valence-electron chi connectivity index (χ0n) is 10.5. The number of anilines is 2. The minimum absolute atomic E-state index is 0.261. The topological polar surface area (TPSA) is 47.3 Å². The monoisotopic (exact) mass is 274 g/mol. The summed E-state index contributed by atoms with van der Waals surface area (Å²) in [7, 11) is 0. The number of hydrogen-bond acceptors (Lipinski definition) is 3. The first kappa shape index (κ1) is 14.0. The van der Waals surface area contributed by atoms with Crippen molar-refractivity contribution < 1.29 is 17.9 Å². The first-order valence-corrected chi connectivity index (χ1v) is 6.25. The number of ether oxygens (including phenoxy) is 1. The smallest absolute Gasteiger partial charge is 0.398 e. The minimum atomic E-state index is -4.43. The van der Waals surface area contributed by atoms with E-state index in [4.69, 9.17) is 10.5 Å². The summed E-state index contributed by atoms with van der Waals surface area (Å²) in [6.45, 7) is 1.72. The summed E-state index contributed by atoms with van der Waals surface area (Å²) >= 11 is 0. The molecule has 1 saturated carbocycles. The van der Waals surface area contributed by atoms with E-state index in [-0.39, 0.29) is 5.69 Å². The molecule has 3 N–H and O–H groups in total. The minimum Gasteiger partial charge on any atom is -0.398 e. The molecule has 1 aromatic carbocycles. The van der Waals surface area contributed by atoms with E-state index in [0.29, 0.717) is 24.8 Å². The van der Waals surface area contributed by atoms with Crippen molar-refractivity contribution in [2.75, 3.05) is 30.8 Å². The van der Waals surface area contributed by atoms with E-state index in [2.05, 4.69) is 5.32 Å². The van der Waals surface area contributed by atoms with Gasteiger partial charge in [-0.1, -0.05) is 0 Å². The van der Waals surface area contributed by atoms with Gasteiger partial charge >= 0.3 is 6.18 Å². The molecular weight excluding hydrogens is 257 g/mol. The van der Waals surface area contributed by atoms with E-state index < -0.39 is 11.7 Å². The van der Waals surface area contributed by atoms with Crippen LogP contribution >= 0.6 is 0 Å². The van der Waals surface area contributed by atoms with Gasteiger partial charge in [0.05, 0.1) is 12.2 Å². The summed E-state index contributed by atoms with van der Waals surface area (Å²) in [6.07, 6.45) is -1.98. The Hall–Kier alpha value is -1.43. The normalized spacial score (nSPS) is 15.5. The highest BCUT2D eigenvalue weighted by atomic mass is 19.4. The average Bonchev–Trinajstić information content (AvgIpc) is 3.13. The highest BCUT2D eigenvalue weighted by Crippen LogP contribution is 2.35. The van der Waals surface area contributed by atoms with Gasteiger partial charge in [0.2, 0.25) is 0 Å². The lowest BCUT2D eigenvalue weighted by atomic mass is 10.1. The number of nitrogens with one attached hydrogen (secondary N) is 1. The Morgan fingerprint density at radius 3 is 2.68 bits per heavy atom. The van der Waals surface area contributed by atoms with Gasteiger partial charge in [-0.3, -0.25) is 0 Å². The number of rotatable bonds is 6. The van der Waals surface area contributed by atoms with E-state index in [0.717, 1.165) is 12.7 Å². The van der Waals surface area contributed by atoms with E-state index in [1.165, 1.54) is 25.0 Å². The first-order chi connectivity index (χ1) is 8.97. The molecule has 0 aromatic heterocycles. The maximum Gasteiger partial charge on any atom is 0.418 e. The molecule has 1 aromatic rings. The molecule has 106 valence electrons. The van der Waals surface area contributed by atoms with Crippen molar-refractivity contribution in [1.29, 1.82) is 0 Å². The van der Waals surface area contributed by atoms with Gasteiger partial charge in [0.1, 0.15) is 0 Å². The number of halogens is 3. The summed E-state index contributed by atoms with van der Waals surface area (Å²) in [6, 6.07) is 3.82. The fraction of sp³-hybridized carbons (Fsp3) is 0.538. The summed E-state index contributed by atoms with van der Waals surface area (Å²) in [5.74, 6) is 0.688. The highest BCUT2D eigenvalue weighted by Gasteiger charge is 2.33. The molecule has 3 nitrogen and oxygen atoms in total. The third kappa shape index (κ3) is 4.31. The lowest BCUT2D eigenvalue weighted by Gasteiger charge is -2.13. The standard InChI is InChI=1S/C13H17F3N2O/c14-13(15,16)11-7-10(3-4-12(11)17)18-5-6-19-8-9-1-2-9/h3-4,7,9,18H,1-2,5-6,8,17H2. The maximum atomic E-state index is 12.6. The van der Waals surface area contributed by atoms with Crippen LogP contribution in [0.2, 0.25) is 0 Å². The molecule has 0 unspecified atom stereocenters. The molecule has 2 rings (SSSR count). The third-order valence-electron chi connectivity index (χ3n) is 2.98. The van der Waals surface area contributed by atoms with E-state index in [1.54, 1.807) is 0 Å². The molecule has 0 aliphatic heterocycles. The van der Waals surface area contributed by atoms with Crippen molar-refractivity contribution in [3.8, 4) is 0 Å². The molecule has 1 aliphatic rings. The third-order valence-corrected chi connectivity index (χ3v) is 2.98. The van der Waals surface area contributed by atoms with Crippen LogP contribution in [0.3, 0.4) is 0 Å². The van der Waals surface area contributed by atoms with Crippen LogP contribution in [0.5, 0.6) is 0 Å². The molecule has 6 heteroatoms. The number of nitrogen functional groups attached to an aromatic ring is 1. The molecule has 1 fully saturated rings. The van der Waals surface area contributed by atoms with Crippen LogP contribution in [-0.2, 0) is 10.9 Å². The number of nitrogens with two attached hydrogens (primary N) is 1. The van der Waals surface area contributed by atoms with E-state index in [9.17, 15) is 13.2 Å². The fourth-order valence-corrected chi connectivity index (χ4v) is 1.71. The van der Waals surface area contributed by atoms with Crippen molar-refractivity contribution in [3.63, 3.8) is 0 Å². The van der Waals surface area contributed by atoms with Crippen molar-refractivity contribution in [3.05, 3.63) is 23.8 Å². The van der Waals surface area contributed by atoms with Crippen LogP contribution in [0, 0.1) is 5.92 Å². The second kappa shape index (κ2) is 5.69. The van der Waals surface area contributed by atoms with Gasteiger partial charge in [-0.25, -0.2) is 0 Å². The zero-order valence-corrected chi connectivity index (χ0v) is 10.5. The second-order valence-corrected chi connectivity index (χ2v) is 4.74. The Balaban J connectivity index is 1.82. The van der Waals surface area contributed by atoms with E-state index >= 15 is 0 Å². The Morgan fingerprint density at radius 1 is 1.32 bits per heavy atom. The van der Waals surface area contributed by atoms with Crippen LogP contribution in [-0.4, -0.2) is 19.8 Å². The van der Waals surface area contributed by atoms with Crippen LogP contribution < -0.4 is 11.1 Å². The second-order valence-electron chi connectivity index (χ2n) is 4.74. The number of benzene rings is 1. The highest BCUT2D eigenvalue weighted by molar-refractivity contribution is 5.58. The van der Waals surface area contributed by atoms with Crippen molar-refractivity contribution in [2.24, 2.45) is 5.92 Å². The van der Waals surface area contributed by atoms with Crippen LogP contribution in [0.25, 0.3) is 0 Å². The largest absolute Gasteiger partial charge is 0.418 e. The summed E-state index contributed by atoms with van der Waals surface area (Å²) in [5, 5.41) is 2.90. The molecule has 0 saturated heterocycles. The maximum absolute atomic E-state index is 12.6. The predicted octanol–water partition coefficient (Wildman–Crippen LogP) is 3.13. The van der Waals surface area contributed by atoms with Crippen LogP contribution in [0.1, 0.15) is 18.4 Å². The van der Waals surface area contributed by atoms with Gasteiger partial charge in [0.15, 0.2) is 0 Å². The van der Waals surface area contributed by atoms with Gasteiger partial charge < -0.3 is 15.8 Å². The molecule has 19 heavy (non-hydrogen) atoms. The molecule has 0 bridgehead atoms. The van der Waals surface area contributed by atoms with Crippen LogP contribution in [0.15, 0.2) is 18.2 Å². The van der Waals surface area contributed by atoms with Crippen LogP contribution in [0.4, 0.5) is 24.5 Å². The lowest BCUT2D eigenvalue weighted by Crippen LogP contribution is -2.13. The van der Waals surface area contributed by atoms with Gasteiger partial charge in [0, 0.05) is 24.5 Å². The Kier molecular flexibility index (Phi) is 4.19. The molecular formula is C13H17F3N2O. The molecule has 0 radical (unpaired) electrons. The van der Waals surface area contributed by atoms with Crippen molar-refractivity contribution >= 4 is 11.4 Å². The van der Waals surface area contributed by atoms with Gasteiger partial charge in [-0.05, 0) is 37.0 Å². The average molecular weight is 274 g/mol. The SMILES string of the molecule is Nc1ccc(NCCOCC2CC2)cc1C(F)(F)F. The predicted molar refractivity (Wildman–Crippen MR) is 67.9 cm³/mol. The van der Waals surface area contributed by atoms with Crippen molar-refractivity contribution in [1.82, 2.24) is 0 Å². The summed E-state index contributed by atoms with van der Waals surface area (Å²) in [5.41, 5.74) is 4.65. The molecule has 0 atom stereocenters. The van der Waals surface area contributed by atoms with Gasteiger partial charge in [-0.15, -0.1) is 0 Å². The van der Waals surface area contributed by atoms with Gasteiger partial charge in [-0.2, -0.15) is 13.2 Å². The Bertz CT molecular complexity index is 430. The number of hydrogen-bond donors (Lipinski definition) is 2.